The van der Waals surface area contributed by atoms with E-state index in [2.05, 4.69) is 21.9 Å². The van der Waals surface area contributed by atoms with Crippen LogP contribution in [0.2, 0.25) is 0 Å². The molecule has 170 valence electrons. The van der Waals surface area contributed by atoms with Crippen molar-refractivity contribution in [3.8, 4) is 23.1 Å². The maximum Gasteiger partial charge on any atom is 0.211 e. The van der Waals surface area contributed by atoms with Crippen molar-refractivity contribution in [2.45, 2.75) is 18.4 Å². The van der Waals surface area contributed by atoms with Gasteiger partial charge in [-0.1, -0.05) is 30.0 Å². The average molecular weight is 457 g/mol. The lowest BCUT2D eigenvalue weighted by atomic mass is 10.1. The molecule has 1 saturated carbocycles. The molecule has 1 aliphatic carbocycles. The van der Waals surface area contributed by atoms with Gasteiger partial charge in [-0.15, -0.1) is 0 Å². The smallest absolute Gasteiger partial charge is 0.211 e. The molecule has 1 aliphatic rings. The number of carbonyl (C=O) groups excluding carboxylic acids is 1. The number of hydrogen-bond acceptors (Lipinski definition) is 4. The first-order valence-electron chi connectivity index (χ1n) is 10.8. The van der Waals surface area contributed by atoms with Crippen LogP contribution in [0.3, 0.4) is 0 Å². The maximum absolute atomic E-state index is 15.2. The van der Waals surface area contributed by atoms with Crippen molar-refractivity contribution < 1.29 is 13.6 Å². The largest absolute Gasteiger partial charge is 0.310 e. The predicted octanol–water partition coefficient (Wildman–Crippen LogP) is 4.42. The van der Waals surface area contributed by atoms with Crippen LogP contribution in [-0.4, -0.2) is 32.7 Å². The van der Waals surface area contributed by atoms with Crippen LogP contribution in [0.5, 0.6) is 0 Å². The minimum Gasteiger partial charge on any atom is -0.310 e. The Labute approximate surface area is 195 Å². The molecular weight excluding hydrogens is 436 g/mol. The van der Waals surface area contributed by atoms with Crippen molar-refractivity contribution in [3.05, 3.63) is 83.8 Å². The molecule has 5 rings (SSSR count). The van der Waals surface area contributed by atoms with Crippen molar-refractivity contribution in [1.29, 1.82) is 0 Å². The summed E-state index contributed by atoms with van der Waals surface area (Å²) in [7, 11) is 3.32. The minimum absolute atomic E-state index is 0.224. The van der Waals surface area contributed by atoms with Gasteiger partial charge in [0.25, 0.3) is 0 Å². The summed E-state index contributed by atoms with van der Waals surface area (Å²) in [5.74, 6) is 4.44. The molecule has 0 unspecified atom stereocenters. The lowest BCUT2D eigenvalue weighted by molar-refractivity contribution is -0.111. The van der Waals surface area contributed by atoms with Crippen molar-refractivity contribution in [2.24, 2.45) is 7.05 Å². The van der Waals surface area contributed by atoms with Gasteiger partial charge in [-0.3, -0.25) is 9.25 Å². The number of aryl methyl sites for hydroxylation is 1. The summed E-state index contributed by atoms with van der Waals surface area (Å²) < 4.78 is 33.7. The number of aldehydes is 1. The zero-order chi connectivity index (χ0) is 23.9. The second-order valence-electron chi connectivity index (χ2n) is 8.37. The van der Waals surface area contributed by atoms with Crippen molar-refractivity contribution >= 4 is 17.9 Å². The first-order chi connectivity index (χ1) is 16.4. The van der Waals surface area contributed by atoms with E-state index < -0.39 is 17.2 Å². The number of aromatic nitrogens is 4. The Morgan fingerprint density at radius 1 is 1.06 bits per heavy atom. The fourth-order valence-electron chi connectivity index (χ4n) is 4.02. The van der Waals surface area contributed by atoms with Gasteiger partial charge in [-0.05, 0) is 37.1 Å². The van der Waals surface area contributed by atoms with Crippen LogP contribution in [0.4, 0.5) is 20.4 Å². The highest BCUT2D eigenvalue weighted by molar-refractivity contribution is 5.74. The molecule has 0 aliphatic heterocycles. The highest BCUT2D eigenvalue weighted by Gasteiger charge is 2.48. The number of hydrogen-bond donors (Lipinski definition) is 0. The van der Waals surface area contributed by atoms with Gasteiger partial charge in [0.05, 0.1) is 18.1 Å². The van der Waals surface area contributed by atoms with Crippen LogP contribution < -0.4 is 4.90 Å². The number of imidazole rings is 1. The molecule has 2 heterocycles. The van der Waals surface area contributed by atoms with Crippen molar-refractivity contribution in [1.82, 2.24) is 19.3 Å². The lowest BCUT2D eigenvalue weighted by Gasteiger charge is -2.24. The molecule has 34 heavy (non-hydrogen) atoms. The highest BCUT2D eigenvalue weighted by Crippen LogP contribution is 2.47. The Morgan fingerprint density at radius 3 is 2.32 bits per heavy atom. The Hall–Kier alpha value is -4.25. The molecule has 0 spiro atoms. The number of nitrogens with zero attached hydrogens (tertiary/aromatic N) is 5. The van der Waals surface area contributed by atoms with Gasteiger partial charge in [0.1, 0.15) is 17.5 Å². The lowest BCUT2D eigenvalue weighted by Crippen LogP contribution is -2.26. The van der Waals surface area contributed by atoms with E-state index in [4.69, 9.17) is 0 Å². The van der Waals surface area contributed by atoms with E-state index in [9.17, 15) is 4.79 Å². The standard InChI is InChI=1S/C26H21F2N5O/c1-31-16-20(14-30-31)23-15-29-25(33(23)26(17-34)10-11-26)32(2)24-21(27)12-19(13-22(24)28)9-8-18-6-4-3-5-7-18/h3-7,12-17H,10-11H2,1-2H3. The summed E-state index contributed by atoms with van der Waals surface area (Å²) in [4.78, 5) is 17.8. The van der Waals surface area contributed by atoms with Gasteiger partial charge in [-0.25, -0.2) is 13.8 Å². The second kappa shape index (κ2) is 8.27. The monoisotopic (exact) mass is 457 g/mol. The Morgan fingerprint density at radius 2 is 1.74 bits per heavy atom. The Kier molecular flexibility index (Phi) is 5.25. The second-order valence-corrected chi connectivity index (χ2v) is 8.37. The number of halogens is 2. The van der Waals surface area contributed by atoms with Crippen LogP contribution in [0.25, 0.3) is 11.3 Å². The third-order valence-corrected chi connectivity index (χ3v) is 5.95. The molecule has 2 aromatic heterocycles. The van der Waals surface area contributed by atoms with Crippen molar-refractivity contribution in [2.75, 3.05) is 11.9 Å². The first-order valence-corrected chi connectivity index (χ1v) is 10.8. The number of carbonyl (C=O) groups is 1. The summed E-state index contributed by atoms with van der Waals surface area (Å²) in [6.07, 6.45) is 7.20. The molecule has 0 N–H and O–H groups in total. The van der Waals surface area contributed by atoms with Crippen LogP contribution in [0.15, 0.2) is 61.1 Å². The molecule has 0 amide bonds. The molecule has 8 heteroatoms. The molecule has 4 aromatic rings. The van der Waals surface area contributed by atoms with E-state index in [-0.39, 0.29) is 17.2 Å². The minimum atomic E-state index is -0.792. The normalized spacial score (nSPS) is 13.8. The summed E-state index contributed by atoms with van der Waals surface area (Å²) in [6, 6.07) is 11.6. The van der Waals surface area contributed by atoms with E-state index in [0.29, 0.717) is 18.5 Å². The zero-order valence-corrected chi connectivity index (χ0v) is 18.7. The van der Waals surface area contributed by atoms with E-state index in [0.717, 1.165) is 17.4 Å². The van der Waals surface area contributed by atoms with Crippen LogP contribution in [-0.2, 0) is 17.4 Å². The maximum atomic E-state index is 15.2. The van der Waals surface area contributed by atoms with Crippen molar-refractivity contribution in [3.63, 3.8) is 0 Å². The fourth-order valence-corrected chi connectivity index (χ4v) is 4.02. The van der Waals surface area contributed by atoms with Crippen LogP contribution in [0.1, 0.15) is 24.0 Å². The number of rotatable bonds is 5. The van der Waals surface area contributed by atoms with Gasteiger partial charge >= 0.3 is 0 Å². The van der Waals surface area contributed by atoms with Crippen LogP contribution in [0, 0.1) is 23.5 Å². The quantitative estimate of drug-likeness (QED) is 0.329. The third kappa shape index (κ3) is 3.75. The predicted molar refractivity (Wildman–Crippen MR) is 125 cm³/mol. The Balaban J connectivity index is 1.55. The molecule has 0 atom stereocenters. The Bertz CT molecular complexity index is 1420. The summed E-state index contributed by atoms with van der Waals surface area (Å²) in [6.45, 7) is 0. The molecular formula is C26H21F2N5O. The number of anilines is 2. The van der Waals surface area contributed by atoms with E-state index in [1.807, 2.05) is 30.3 Å². The SMILES string of the molecule is CN(c1c(F)cc(C#Cc2ccccc2)cc1F)c1ncc(-c2cnn(C)c2)n1C1(C=O)CC1. The molecule has 1 fully saturated rings. The van der Waals surface area contributed by atoms with Gasteiger partial charge in [0.15, 0.2) is 11.6 Å². The fraction of sp³-hybridized carbons (Fsp3) is 0.192. The summed E-state index contributed by atoms with van der Waals surface area (Å²) >= 11 is 0. The van der Waals surface area contributed by atoms with E-state index in [1.165, 1.54) is 24.1 Å². The van der Waals surface area contributed by atoms with Gasteiger partial charge in [0, 0.05) is 37.0 Å². The molecule has 0 radical (unpaired) electrons. The average Bonchev–Trinajstić information content (AvgIpc) is 3.28. The summed E-state index contributed by atoms with van der Waals surface area (Å²) in [5.41, 5.74) is 1.33. The molecule has 2 aromatic carbocycles. The van der Waals surface area contributed by atoms with Gasteiger partial charge in [0.2, 0.25) is 5.95 Å². The highest BCUT2D eigenvalue weighted by atomic mass is 19.1. The van der Waals surface area contributed by atoms with Gasteiger partial charge < -0.3 is 9.69 Å². The molecule has 0 saturated heterocycles. The third-order valence-electron chi connectivity index (χ3n) is 5.95. The van der Waals surface area contributed by atoms with E-state index >= 15 is 8.78 Å². The molecule has 6 nitrogen and oxygen atoms in total. The molecule has 0 bridgehead atoms. The first kappa shape index (κ1) is 21.6. The zero-order valence-electron chi connectivity index (χ0n) is 18.7. The van der Waals surface area contributed by atoms with E-state index in [1.54, 1.807) is 34.9 Å². The van der Waals surface area contributed by atoms with Crippen LogP contribution >= 0.6 is 0 Å². The summed E-state index contributed by atoms with van der Waals surface area (Å²) in [5, 5.41) is 4.19. The number of benzene rings is 2. The van der Waals surface area contributed by atoms with Gasteiger partial charge in [-0.2, -0.15) is 5.10 Å². The topological polar surface area (TPSA) is 56.0 Å².